The summed E-state index contributed by atoms with van der Waals surface area (Å²) in [5.74, 6) is 0.516. The monoisotopic (exact) mass is 822 g/mol. The fraction of sp³-hybridized carbons (Fsp3) is 0.240. The van der Waals surface area contributed by atoms with Gasteiger partial charge in [-0.3, -0.25) is 0 Å². The van der Waals surface area contributed by atoms with Gasteiger partial charge in [0.1, 0.15) is 41.5 Å². The number of aryl methyl sites for hydroxylation is 1. The number of carbonyl (C=O) groups excluding carboxylic acids is 4. The second kappa shape index (κ2) is 20.3. The molecule has 6 aromatic carbocycles. The molecule has 0 N–H and O–H groups in total. The lowest BCUT2D eigenvalue weighted by molar-refractivity contribution is -0.137. The number of hydrogen-bond donors (Lipinski definition) is 0. The van der Waals surface area contributed by atoms with Crippen molar-refractivity contribution in [2.24, 2.45) is 0 Å². The average molecular weight is 823 g/mol. The van der Waals surface area contributed by atoms with Gasteiger partial charge in [0, 0.05) is 6.08 Å². The Bertz CT molecular complexity index is 2540. The van der Waals surface area contributed by atoms with Crippen molar-refractivity contribution in [2.75, 3.05) is 26.4 Å². The van der Waals surface area contributed by atoms with Gasteiger partial charge in [-0.2, -0.15) is 0 Å². The Morgan fingerprint density at radius 3 is 1.77 bits per heavy atom. The van der Waals surface area contributed by atoms with E-state index in [2.05, 4.69) is 6.58 Å². The smallest absolute Gasteiger partial charge is 0.343 e. The number of rotatable bonds is 20. The molecule has 0 amide bonds. The minimum atomic E-state index is -0.540. The largest absolute Gasteiger partial charge is 0.494 e. The van der Waals surface area contributed by atoms with Gasteiger partial charge >= 0.3 is 23.9 Å². The van der Waals surface area contributed by atoms with Crippen LogP contribution in [0.5, 0.6) is 28.7 Å². The van der Waals surface area contributed by atoms with E-state index in [-0.39, 0.29) is 6.10 Å². The summed E-state index contributed by atoms with van der Waals surface area (Å²) in [5, 5.41) is 3.33. The number of hydrogen-bond acceptors (Lipinski definition) is 11. The normalized spacial score (nSPS) is 13.0. The highest BCUT2D eigenvalue weighted by atomic mass is 16.6. The molecule has 6 aromatic rings. The Morgan fingerprint density at radius 2 is 1.11 bits per heavy atom. The molecule has 0 bridgehead atoms. The summed E-state index contributed by atoms with van der Waals surface area (Å²) >= 11 is 0. The maximum Gasteiger partial charge on any atom is 0.343 e. The standard InChI is InChI=1S/C50H46O11/c1-3-9-38-30-44(60-49(53)39-12-10-36-28-42(20-16-34(36)26-39)55-24-7-5-6-8-25-56-47(51)4-2)22-23-46(38)61-50(54)40-13-11-37-29-43(21-17-35(37)27-40)59-48(52)33-14-18-41(19-15-33)57-31-45-32-58-45/h4,10-23,26-30,45H,2-3,5-9,24-25,31-32H2,1H3. The van der Waals surface area contributed by atoms with E-state index in [1.165, 1.54) is 0 Å². The van der Waals surface area contributed by atoms with Crippen LogP contribution in [-0.4, -0.2) is 56.4 Å². The third kappa shape index (κ3) is 11.8. The number of esters is 4. The van der Waals surface area contributed by atoms with Crippen molar-refractivity contribution >= 4 is 45.4 Å². The van der Waals surface area contributed by atoms with Gasteiger partial charge in [-0.15, -0.1) is 0 Å². The summed E-state index contributed by atoms with van der Waals surface area (Å²) in [6.45, 7) is 7.54. The van der Waals surface area contributed by atoms with Gasteiger partial charge in [0.25, 0.3) is 0 Å². The van der Waals surface area contributed by atoms with Gasteiger partial charge in [0.2, 0.25) is 0 Å². The van der Waals surface area contributed by atoms with Crippen LogP contribution in [0.25, 0.3) is 21.5 Å². The molecule has 1 fully saturated rings. The second-order valence-corrected chi connectivity index (χ2v) is 14.6. The lowest BCUT2D eigenvalue weighted by Crippen LogP contribution is -2.11. The van der Waals surface area contributed by atoms with Crippen LogP contribution in [0.3, 0.4) is 0 Å². The van der Waals surface area contributed by atoms with Gasteiger partial charge in [0.15, 0.2) is 0 Å². The van der Waals surface area contributed by atoms with Gasteiger partial charge in [-0.05, 0) is 150 Å². The van der Waals surface area contributed by atoms with E-state index >= 15 is 0 Å². The zero-order chi connectivity index (χ0) is 42.6. The van der Waals surface area contributed by atoms with E-state index in [0.717, 1.165) is 71.0 Å². The van der Waals surface area contributed by atoms with Crippen molar-refractivity contribution in [3.8, 4) is 28.7 Å². The number of benzene rings is 6. The zero-order valence-electron chi connectivity index (χ0n) is 33.9. The van der Waals surface area contributed by atoms with Crippen LogP contribution in [0, 0.1) is 0 Å². The Labute approximate surface area is 353 Å². The molecule has 0 aromatic heterocycles. The number of epoxide rings is 1. The molecular formula is C50H46O11. The summed E-state index contributed by atoms with van der Waals surface area (Å²) in [6, 6.07) is 33.1. The fourth-order valence-corrected chi connectivity index (χ4v) is 6.55. The second-order valence-electron chi connectivity index (χ2n) is 14.6. The topological polar surface area (TPSA) is 136 Å². The predicted octanol–water partition coefficient (Wildman–Crippen LogP) is 10.0. The molecule has 1 heterocycles. The molecule has 11 nitrogen and oxygen atoms in total. The predicted molar refractivity (Wildman–Crippen MR) is 230 cm³/mol. The average Bonchev–Trinajstić information content (AvgIpc) is 4.12. The maximum atomic E-state index is 13.4. The van der Waals surface area contributed by atoms with Crippen molar-refractivity contribution in [3.05, 3.63) is 150 Å². The van der Waals surface area contributed by atoms with E-state index in [0.29, 0.717) is 72.5 Å². The SMILES string of the molecule is C=CC(=O)OCCCCCCOc1ccc2cc(C(=O)Oc3ccc(OC(=O)c4ccc5cc(OC(=O)c6ccc(OCC7CO7)cc6)ccc5c4)c(CCC)c3)ccc2c1. The van der Waals surface area contributed by atoms with Crippen molar-refractivity contribution < 1.29 is 52.3 Å². The van der Waals surface area contributed by atoms with Crippen LogP contribution in [0.2, 0.25) is 0 Å². The molecule has 0 saturated carbocycles. The molecule has 312 valence electrons. The highest BCUT2D eigenvalue weighted by Crippen LogP contribution is 2.30. The maximum absolute atomic E-state index is 13.4. The minimum absolute atomic E-state index is 0.141. The summed E-state index contributed by atoms with van der Waals surface area (Å²) in [5.41, 5.74) is 1.85. The van der Waals surface area contributed by atoms with Crippen molar-refractivity contribution in [3.63, 3.8) is 0 Å². The summed E-state index contributed by atoms with van der Waals surface area (Å²) in [7, 11) is 0. The molecule has 1 unspecified atom stereocenters. The van der Waals surface area contributed by atoms with E-state index in [1.54, 1.807) is 91.0 Å². The zero-order valence-corrected chi connectivity index (χ0v) is 33.9. The van der Waals surface area contributed by atoms with Crippen molar-refractivity contribution in [1.82, 2.24) is 0 Å². The molecule has 0 spiro atoms. The fourth-order valence-electron chi connectivity index (χ4n) is 6.55. The van der Waals surface area contributed by atoms with Crippen LogP contribution in [-0.2, 0) is 20.7 Å². The first-order chi connectivity index (χ1) is 29.7. The number of ether oxygens (including phenoxy) is 7. The van der Waals surface area contributed by atoms with Crippen LogP contribution >= 0.6 is 0 Å². The van der Waals surface area contributed by atoms with E-state index in [1.807, 2.05) is 31.2 Å². The molecule has 1 saturated heterocycles. The molecule has 1 aliphatic rings. The Balaban J connectivity index is 0.913. The van der Waals surface area contributed by atoms with Crippen LogP contribution in [0.4, 0.5) is 0 Å². The summed E-state index contributed by atoms with van der Waals surface area (Å²) in [4.78, 5) is 50.6. The van der Waals surface area contributed by atoms with E-state index in [9.17, 15) is 19.2 Å². The lowest BCUT2D eigenvalue weighted by atomic mass is 10.1. The van der Waals surface area contributed by atoms with Gasteiger partial charge in [-0.1, -0.05) is 44.2 Å². The highest BCUT2D eigenvalue weighted by molar-refractivity contribution is 5.98. The summed E-state index contributed by atoms with van der Waals surface area (Å²) < 4.78 is 39.0. The van der Waals surface area contributed by atoms with Gasteiger partial charge in [-0.25, -0.2) is 19.2 Å². The van der Waals surface area contributed by atoms with Crippen molar-refractivity contribution in [2.45, 2.75) is 51.6 Å². The molecular weight excluding hydrogens is 777 g/mol. The first-order valence-electron chi connectivity index (χ1n) is 20.4. The van der Waals surface area contributed by atoms with E-state index < -0.39 is 23.9 Å². The summed E-state index contributed by atoms with van der Waals surface area (Å²) in [6.07, 6.45) is 6.24. The number of carbonyl (C=O) groups is 4. The molecule has 11 heteroatoms. The lowest BCUT2D eigenvalue weighted by Gasteiger charge is -2.13. The third-order valence-electron chi connectivity index (χ3n) is 9.92. The van der Waals surface area contributed by atoms with Crippen LogP contribution in [0.1, 0.15) is 75.7 Å². The van der Waals surface area contributed by atoms with E-state index in [4.69, 9.17) is 33.2 Å². The Kier molecular flexibility index (Phi) is 14.0. The van der Waals surface area contributed by atoms with Crippen LogP contribution in [0.15, 0.2) is 128 Å². The molecule has 7 rings (SSSR count). The van der Waals surface area contributed by atoms with Crippen molar-refractivity contribution in [1.29, 1.82) is 0 Å². The first-order valence-corrected chi connectivity index (χ1v) is 20.4. The highest BCUT2D eigenvalue weighted by Gasteiger charge is 2.23. The first kappa shape index (κ1) is 42.2. The Hall–Kier alpha value is -6.98. The Morgan fingerprint density at radius 1 is 0.590 bits per heavy atom. The number of unbranched alkanes of at least 4 members (excludes halogenated alkanes) is 3. The molecule has 0 radical (unpaired) electrons. The van der Waals surface area contributed by atoms with Gasteiger partial charge in [0.05, 0.1) is 36.5 Å². The molecule has 0 aliphatic carbocycles. The quantitative estimate of drug-likeness (QED) is 0.0239. The minimum Gasteiger partial charge on any atom is -0.494 e. The number of fused-ring (bicyclic) bond motifs is 2. The molecule has 1 aliphatic heterocycles. The van der Waals surface area contributed by atoms with Gasteiger partial charge < -0.3 is 33.2 Å². The van der Waals surface area contributed by atoms with Crippen LogP contribution < -0.4 is 23.7 Å². The molecule has 1 atom stereocenters. The third-order valence-corrected chi connectivity index (χ3v) is 9.92. The molecule has 61 heavy (non-hydrogen) atoms.